The maximum absolute atomic E-state index is 5.16. The molecule has 1 N–H and O–H groups in total. The Kier molecular flexibility index (Phi) is 6.51. The van der Waals surface area contributed by atoms with Crippen LogP contribution in [0.3, 0.4) is 0 Å². The van der Waals surface area contributed by atoms with Gasteiger partial charge in [0.25, 0.3) is 0 Å². The molecule has 1 rings (SSSR count). The molecule has 1 unspecified atom stereocenters. The summed E-state index contributed by atoms with van der Waals surface area (Å²) in [7, 11) is 1.70. The molecule has 0 aliphatic rings. The van der Waals surface area contributed by atoms with Crippen LogP contribution in [0.1, 0.15) is 32.3 Å². The molecule has 0 spiro atoms. The van der Waals surface area contributed by atoms with E-state index in [0.29, 0.717) is 6.04 Å². The van der Waals surface area contributed by atoms with E-state index in [9.17, 15) is 0 Å². The van der Waals surface area contributed by atoms with Gasteiger partial charge in [0.15, 0.2) is 0 Å². The van der Waals surface area contributed by atoms with Gasteiger partial charge in [-0.1, -0.05) is 31.2 Å². The summed E-state index contributed by atoms with van der Waals surface area (Å²) in [5.41, 5.74) is 2.57. The first-order valence-corrected chi connectivity index (χ1v) is 6.69. The van der Waals surface area contributed by atoms with E-state index in [0.717, 1.165) is 31.6 Å². The van der Waals surface area contributed by atoms with Gasteiger partial charge in [-0.2, -0.15) is 0 Å². The minimum atomic E-state index is 0.423. The number of ether oxygens (including phenoxy) is 1. The van der Waals surface area contributed by atoms with Gasteiger partial charge in [0.1, 0.15) is 5.75 Å². The first-order chi connectivity index (χ1) is 8.67. The highest BCUT2D eigenvalue weighted by atomic mass is 16.5. The second kappa shape index (κ2) is 7.93. The number of rotatable bonds is 8. The fourth-order valence-electron chi connectivity index (χ4n) is 1.94. The number of benzene rings is 1. The third kappa shape index (κ3) is 4.92. The van der Waals surface area contributed by atoms with Crippen molar-refractivity contribution in [1.82, 2.24) is 5.32 Å². The average molecular weight is 247 g/mol. The molecule has 0 fully saturated rings. The smallest absolute Gasteiger partial charge is 0.118 e. The molecule has 0 radical (unpaired) electrons. The van der Waals surface area contributed by atoms with Crippen molar-refractivity contribution in [3.05, 3.63) is 42.0 Å². The molecule has 0 aliphatic heterocycles. The van der Waals surface area contributed by atoms with E-state index in [-0.39, 0.29) is 0 Å². The third-order valence-electron chi connectivity index (χ3n) is 3.12. The summed E-state index contributed by atoms with van der Waals surface area (Å²) < 4.78 is 5.16. The topological polar surface area (TPSA) is 21.3 Å². The van der Waals surface area contributed by atoms with Crippen molar-refractivity contribution in [3.63, 3.8) is 0 Å². The van der Waals surface area contributed by atoms with E-state index in [1.165, 1.54) is 11.1 Å². The van der Waals surface area contributed by atoms with Crippen molar-refractivity contribution in [3.8, 4) is 5.75 Å². The molecule has 2 heteroatoms. The highest BCUT2D eigenvalue weighted by Gasteiger charge is 2.08. The highest BCUT2D eigenvalue weighted by molar-refractivity contribution is 5.27. The van der Waals surface area contributed by atoms with Gasteiger partial charge in [0.05, 0.1) is 7.11 Å². The van der Waals surface area contributed by atoms with E-state index in [1.807, 2.05) is 12.1 Å². The lowest BCUT2D eigenvalue weighted by Crippen LogP contribution is -2.31. The van der Waals surface area contributed by atoms with Gasteiger partial charge in [-0.3, -0.25) is 0 Å². The molecule has 1 aromatic carbocycles. The van der Waals surface area contributed by atoms with Crippen LogP contribution < -0.4 is 10.1 Å². The zero-order valence-corrected chi connectivity index (χ0v) is 11.8. The fourth-order valence-corrected chi connectivity index (χ4v) is 1.94. The number of hydrogen-bond donors (Lipinski definition) is 1. The second-order valence-corrected chi connectivity index (χ2v) is 4.74. The maximum atomic E-state index is 5.16. The summed E-state index contributed by atoms with van der Waals surface area (Å²) in [6.07, 6.45) is 3.33. The van der Waals surface area contributed by atoms with Crippen molar-refractivity contribution in [2.75, 3.05) is 13.7 Å². The highest BCUT2D eigenvalue weighted by Crippen LogP contribution is 2.14. The summed E-state index contributed by atoms with van der Waals surface area (Å²) >= 11 is 0. The molecule has 0 heterocycles. The predicted octanol–water partition coefficient (Wildman–Crippen LogP) is 3.57. The predicted molar refractivity (Wildman–Crippen MR) is 78.2 cm³/mol. The Hall–Kier alpha value is -1.28. The molecule has 0 bridgehead atoms. The first-order valence-electron chi connectivity index (χ1n) is 6.69. The summed E-state index contributed by atoms with van der Waals surface area (Å²) in [5.74, 6) is 0.916. The van der Waals surface area contributed by atoms with Gasteiger partial charge in [0.2, 0.25) is 0 Å². The number of nitrogens with one attached hydrogen (secondary N) is 1. The monoisotopic (exact) mass is 247 g/mol. The van der Waals surface area contributed by atoms with Crippen molar-refractivity contribution < 1.29 is 4.74 Å². The van der Waals surface area contributed by atoms with Crippen LogP contribution in [0.2, 0.25) is 0 Å². The SMILES string of the molecule is C=C(C)C(CCc1ccc(OC)cc1)NCCC. The average Bonchev–Trinajstić information content (AvgIpc) is 2.39. The van der Waals surface area contributed by atoms with Crippen LogP contribution in [0.15, 0.2) is 36.4 Å². The second-order valence-electron chi connectivity index (χ2n) is 4.74. The van der Waals surface area contributed by atoms with E-state index >= 15 is 0 Å². The van der Waals surface area contributed by atoms with Crippen LogP contribution in [0, 0.1) is 0 Å². The zero-order chi connectivity index (χ0) is 13.4. The van der Waals surface area contributed by atoms with Crippen molar-refractivity contribution in [2.24, 2.45) is 0 Å². The molecule has 1 aromatic rings. The van der Waals surface area contributed by atoms with Crippen LogP contribution in [0.4, 0.5) is 0 Å². The van der Waals surface area contributed by atoms with Crippen LogP contribution >= 0.6 is 0 Å². The van der Waals surface area contributed by atoms with Crippen molar-refractivity contribution >= 4 is 0 Å². The quantitative estimate of drug-likeness (QED) is 0.709. The minimum Gasteiger partial charge on any atom is -0.497 e. The van der Waals surface area contributed by atoms with Gasteiger partial charge in [-0.25, -0.2) is 0 Å². The molecule has 2 nitrogen and oxygen atoms in total. The zero-order valence-electron chi connectivity index (χ0n) is 11.8. The van der Waals surface area contributed by atoms with E-state index in [4.69, 9.17) is 4.74 Å². The maximum Gasteiger partial charge on any atom is 0.118 e. The van der Waals surface area contributed by atoms with Crippen molar-refractivity contribution in [2.45, 2.75) is 39.2 Å². The lowest BCUT2D eigenvalue weighted by Gasteiger charge is -2.18. The normalized spacial score (nSPS) is 12.2. The lowest BCUT2D eigenvalue weighted by molar-refractivity contribution is 0.414. The van der Waals surface area contributed by atoms with Crippen LogP contribution in [0.5, 0.6) is 5.75 Å². The third-order valence-corrected chi connectivity index (χ3v) is 3.12. The molecule has 0 aromatic heterocycles. The van der Waals surface area contributed by atoms with Crippen LogP contribution in [-0.2, 0) is 6.42 Å². The van der Waals surface area contributed by atoms with Crippen molar-refractivity contribution in [1.29, 1.82) is 0 Å². The van der Waals surface area contributed by atoms with Gasteiger partial charge >= 0.3 is 0 Å². The summed E-state index contributed by atoms with van der Waals surface area (Å²) in [6.45, 7) is 9.41. The van der Waals surface area contributed by atoms with Gasteiger partial charge in [-0.15, -0.1) is 0 Å². The molecular formula is C16H25NO. The Bertz CT molecular complexity index is 356. The van der Waals surface area contributed by atoms with E-state index in [2.05, 4.69) is 37.9 Å². The largest absolute Gasteiger partial charge is 0.497 e. The standard InChI is InChI=1S/C16H25NO/c1-5-12-17-16(13(2)3)11-8-14-6-9-15(18-4)10-7-14/h6-7,9-10,16-17H,2,5,8,11-12H2,1,3-4H3. The number of aryl methyl sites for hydroxylation is 1. The molecule has 18 heavy (non-hydrogen) atoms. The fraction of sp³-hybridized carbons (Fsp3) is 0.500. The molecule has 0 saturated carbocycles. The number of hydrogen-bond acceptors (Lipinski definition) is 2. The Morgan fingerprint density at radius 1 is 1.33 bits per heavy atom. The summed E-state index contributed by atoms with van der Waals surface area (Å²) in [5, 5.41) is 3.54. The Morgan fingerprint density at radius 2 is 2.00 bits per heavy atom. The molecule has 1 atom stereocenters. The minimum absolute atomic E-state index is 0.423. The summed E-state index contributed by atoms with van der Waals surface area (Å²) in [6, 6.07) is 8.73. The Labute approximate surface area is 111 Å². The summed E-state index contributed by atoms with van der Waals surface area (Å²) in [4.78, 5) is 0. The Balaban J connectivity index is 2.47. The van der Waals surface area contributed by atoms with E-state index in [1.54, 1.807) is 7.11 Å². The molecule has 0 amide bonds. The van der Waals surface area contributed by atoms with E-state index < -0.39 is 0 Å². The van der Waals surface area contributed by atoms with Gasteiger partial charge in [0, 0.05) is 6.04 Å². The number of methoxy groups -OCH3 is 1. The lowest BCUT2D eigenvalue weighted by atomic mass is 10.0. The first kappa shape index (κ1) is 14.8. The van der Waals surface area contributed by atoms with Gasteiger partial charge in [-0.05, 0) is 50.4 Å². The van der Waals surface area contributed by atoms with Crippen LogP contribution in [0.25, 0.3) is 0 Å². The van der Waals surface area contributed by atoms with Crippen LogP contribution in [-0.4, -0.2) is 19.7 Å². The molecular weight excluding hydrogens is 222 g/mol. The molecule has 0 aliphatic carbocycles. The Morgan fingerprint density at radius 3 is 2.50 bits per heavy atom. The molecule has 100 valence electrons. The molecule has 0 saturated heterocycles. The van der Waals surface area contributed by atoms with Gasteiger partial charge < -0.3 is 10.1 Å².